The van der Waals surface area contributed by atoms with Gasteiger partial charge in [0, 0.05) is 11.4 Å². The Kier molecular flexibility index (Phi) is 5.55. The van der Waals surface area contributed by atoms with Crippen molar-refractivity contribution < 1.29 is 8.94 Å². The van der Waals surface area contributed by atoms with Crippen LogP contribution in [0.4, 0.5) is 4.39 Å². The van der Waals surface area contributed by atoms with E-state index in [1.807, 2.05) is 0 Å². The number of rotatable bonds is 11. The Morgan fingerprint density at radius 2 is 1.37 bits per heavy atom. The lowest BCUT2D eigenvalue weighted by molar-refractivity contribution is -0.217. The SMILES string of the molecule is N[S+]([O-])CCCCCCCCCCC12CC(F)(C1)C2. The highest BCUT2D eigenvalue weighted by molar-refractivity contribution is 7.89. The van der Waals surface area contributed by atoms with Gasteiger partial charge in [-0.25, -0.2) is 4.39 Å². The molecule has 0 amide bonds. The molecule has 0 aliphatic heterocycles. The summed E-state index contributed by atoms with van der Waals surface area (Å²) in [6.07, 6.45) is 13.8. The molecule has 2 N–H and O–H groups in total. The van der Waals surface area contributed by atoms with Crippen molar-refractivity contribution in [2.24, 2.45) is 10.6 Å². The molecule has 3 rings (SSSR count). The first-order chi connectivity index (χ1) is 9.04. The van der Waals surface area contributed by atoms with E-state index >= 15 is 0 Å². The van der Waals surface area contributed by atoms with E-state index in [-0.39, 0.29) is 0 Å². The molecule has 0 saturated heterocycles. The molecule has 4 heteroatoms. The van der Waals surface area contributed by atoms with Crippen LogP contribution in [0.15, 0.2) is 0 Å². The third kappa shape index (κ3) is 4.61. The van der Waals surface area contributed by atoms with Crippen LogP contribution in [0.3, 0.4) is 0 Å². The quantitative estimate of drug-likeness (QED) is 0.461. The van der Waals surface area contributed by atoms with Crippen molar-refractivity contribution in [3.8, 4) is 0 Å². The summed E-state index contributed by atoms with van der Waals surface area (Å²) in [7, 11) is 0. The zero-order chi connectivity index (χ0) is 13.8. The highest BCUT2D eigenvalue weighted by Gasteiger charge is 2.68. The van der Waals surface area contributed by atoms with Crippen molar-refractivity contribution in [2.45, 2.75) is 82.7 Å². The van der Waals surface area contributed by atoms with Crippen molar-refractivity contribution in [3.63, 3.8) is 0 Å². The summed E-state index contributed by atoms with van der Waals surface area (Å²) in [5.41, 5.74) is -0.264. The van der Waals surface area contributed by atoms with Crippen LogP contribution in [0.25, 0.3) is 0 Å². The van der Waals surface area contributed by atoms with Gasteiger partial charge in [0.2, 0.25) is 0 Å². The largest absolute Gasteiger partial charge is 0.598 e. The minimum absolute atomic E-state index is 0.451. The summed E-state index contributed by atoms with van der Waals surface area (Å²) >= 11 is -1.11. The van der Waals surface area contributed by atoms with E-state index in [9.17, 15) is 8.94 Å². The summed E-state index contributed by atoms with van der Waals surface area (Å²) in [5, 5.41) is 5.20. The standard InChI is InChI=1S/C15H28FNOS/c16-15-11-14(12-15,13-15)9-7-5-3-1-2-4-6-8-10-19(17)18/h1-13,17H2. The Morgan fingerprint density at radius 1 is 0.895 bits per heavy atom. The van der Waals surface area contributed by atoms with E-state index in [0.717, 1.165) is 32.1 Å². The topological polar surface area (TPSA) is 49.1 Å². The molecule has 19 heavy (non-hydrogen) atoms. The van der Waals surface area contributed by atoms with E-state index in [1.54, 1.807) is 0 Å². The Bertz CT molecular complexity index is 266. The summed E-state index contributed by atoms with van der Waals surface area (Å²) in [4.78, 5) is 0. The Labute approximate surface area is 120 Å². The first-order valence-electron chi connectivity index (χ1n) is 7.85. The molecule has 0 radical (unpaired) electrons. The van der Waals surface area contributed by atoms with Crippen LogP contribution < -0.4 is 5.14 Å². The van der Waals surface area contributed by atoms with Crippen molar-refractivity contribution in [1.29, 1.82) is 0 Å². The number of alkyl halides is 1. The molecule has 3 aliphatic rings. The van der Waals surface area contributed by atoms with Gasteiger partial charge < -0.3 is 4.55 Å². The predicted molar refractivity (Wildman–Crippen MR) is 78.9 cm³/mol. The maximum Gasteiger partial charge on any atom is 0.125 e. The first-order valence-corrected chi connectivity index (χ1v) is 9.24. The third-order valence-electron chi connectivity index (χ3n) is 4.88. The van der Waals surface area contributed by atoms with Gasteiger partial charge in [-0.15, -0.1) is 0 Å². The highest BCUT2D eigenvalue weighted by atomic mass is 32.2. The number of nitrogens with two attached hydrogens (primary N) is 1. The van der Waals surface area contributed by atoms with Crippen molar-refractivity contribution in [1.82, 2.24) is 0 Å². The van der Waals surface area contributed by atoms with Gasteiger partial charge in [0.15, 0.2) is 0 Å². The lowest BCUT2D eigenvalue weighted by Crippen LogP contribution is -2.64. The van der Waals surface area contributed by atoms with Gasteiger partial charge in [0.25, 0.3) is 0 Å². The fourth-order valence-electron chi connectivity index (χ4n) is 3.93. The maximum absolute atomic E-state index is 13.3. The van der Waals surface area contributed by atoms with Crippen molar-refractivity contribution in [3.05, 3.63) is 0 Å². The van der Waals surface area contributed by atoms with E-state index in [2.05, 4.69) is 0 Å². The molecule has 3 fully saturated rings. The second-order valence-electron chi connectivity index (χ2n) is 6.84. The lowest BCUT2D eigenvalue weighted by atomic mass is 9.41. The lowest BCUT2D eigenvalue weighted by Gasteiger charge is -2.66. The second kappa shape index (κ2) is 6.77. The van der Waals surface area contributed by atoms with Crippen LogP contribution >= 0.6 is 0 Å². The Morgan fingerprint density at radius 3 is 1.84 bits per heavy atom. The van der Waals surface area contributed by atoms with Crippen LogP contribution in [0.1, 0.15) is 77.0 Å². The van der Waals surface area contributed by atoms with Crippen molar-refractivity contribution in [2.75, 3.05) is 5.75 Å². The van der Waals surface area contributed by atoms with E-state index in [0.29, 0.717) is 11.2 Å². The van der Waals surface area contributed by atoms with Crippen LogP contribution in [-0.2, 0) is 11.4 Å². The normalized spacial score (nSPS) is 33.6. The number of hydrogen-bond acceptors (Lipinski definition) is 2. The molecule has 2 bridgehead atoms. The molecule has 3 aliphatic carbocycles. The van der Waals surface area contributed by atoms with Gasteiger partial charge >= 0.3 is 0 Å². The van der Waals surface area contributed by atoms with E-state index < -0.39 is 17.0 Å². The molecule has 0 heterocycles. The van der Waals surface area contributed by atoms with E-state index in [1.165, 1.54) is 44.9 Å². The first kappa shape index (κ1) is 15.6. The van der Waals surface area contributed by atoms with Crippen LogP contribution in [0.2, 0.25) is 0 Å². The summed E-state index contributed by atoms with van der Waals surface area (Å²) in [6.45, 7) is 0. The monoisotopic (exact) mass is 289 g/mol. The second-order valence-corrected chi connectivity index (χ2v) is 8.01. The zero-order valence-electron chi connectivity index (χ0n) is 12.0. The number of halogens is 1. The Hall–Kier alpha value is 0.200. The fraction of sp³-hybridized carbons (Fsp3) is 1.00. The van der Waals surface area contributed by atoms with Gasteiger partial charge in [-0.3, -0.25) is 0 Å². The molecule has 2 nitrogen and oxygen atoms in total. The van der Waals surface area contributed by atoms with Crippen LogP contribution in [0.5, 0.6) is 0 Å². The average Bonchev–Trinajstić information content (AvgIpc) is 2.27. The van der Waals surface area contributed by atoms with Crippen LogP contribution in [0, 0.1) is 5.41 Å². The summed E-state index contributed by atoms with van der Waals surface area (Å²) in [6, 6.07) is 0. The average molecular weight is 289 g/mol. The molecular weight excluding hydrogens is 261 g/mol. The molecule has 0 aromatic rings. The predicted octanol–water partition coefficient (Wildman–Crippen LogP) is 4.01. The summed E-state index contributed by atoms with van der Waals surface area (Å²) < 4.78 is 24.0. The van der Waals surface area contributed by atoms with Crippen LogP contribution in [-0.4, -0.2) is 16.0 Å². The maximum atomic E-state index is 13.3. The number of unbranched alkanes of at least 4 members (excludes halogenated alkanes) is 7. The van der Waals surface area contributed by atoms with Gasteiger partial charge in [-0.2, -0.15) is 5.14 Å². The van der Waals surface area contributed by atoms with Gasteiger partial charge in [-0.1, -0.05) is 38.5 Å². The molecule has 3 saturated carbocycles. The molecule has 0 aromatic carbocycles. The summed E-state index contributed by atoms with van der Waals surface area (Å²) in [5.74, 6) is 0.651. The third-order valence-corrected chi connectivity index (χ3v) is 5.57. The molecule has 0 aromatic heterocycles. The minimum atomic E-state index is -1.11. The van der Waals surface area contributed by atoms with Gasteiger partial charge in [0.1, 0.15) is 11.4 Å². The molecule has 1 unspecified atom stereocenters. The van der Waals surface area contributed by atoms with E-state index in [4.69, 9.17) is 5.14 Å². The molecule has 112 valence electrons. The molecule has 0 spiro atoms. The highest BCUT2D eigenvalue weighted by Crippen LogP contribution is 2.71. The molecule has 1 atom stereocenters. The number of hydrogen-bond donors (Lipinski definition) is 1. The Balaban J connectivity index is 1.30. The smallest absolute Gasteiger partial charge is 0.125 e. The molecular formula is C15H28FNOS. The minimum Gasteiger partial charge on any atom is -0.598 e. The van der Waals surface area contributed by atoms with Crippen molar-refractivity contribution >= 4 is 11.4 Å². The van der Waals surface area contributed by atoms with Gasteiger partial charge in [-0.05, 0) is 43.9 Å². The van der Waals surface area contributed by atoms with Gasteiger partial charge in [0.05, 0.1) is 0 Å². The fourth-order valence-corrected chi connectivity index (χ4v) is 4.42. The zero-order valence-corrected chi connectivity index (χ0v) is 12.8.